The molecule has 1 N–H and O–H groups in total. The molecular weight excluding hydrogens is 414 g/mol. The maximum atomic E-state index is 13.4. The molecule has 3 aliphatic rings. The number of carbonyl (C=O) groups is 1. The zero-order valence-corrected chi connectivity index (χ0v) is 19.4. The smallest absolute Gasteiger partial charge is 0.178 e. The second-order valence-corrected chi connectivity index (χ2v) is 9.98. The van der Waals surface area contributed by atoms with Crippen LogP contribution < -0.4 is 0 Å². The number of benzene rings is 1. The number of ether oxygens (including phenoxy) is 1. The van der Waals surface area contributed by atoms with Crippen molar-refractivity contribution in [2.75, 3.05) is 19.8 Å². The molecule has 0 saturated carbocycles. The van der Waals surface area contributed by atoms with Gasteiger partial charge in [0.2, 0.25) is 0 Å². The van der Waals surface area contributed by atoms with Crippen LogP contribution in [0.1, 0.15) is 65.8 Å². The highest BCUT2D eigenvalue weighted by Gasteiger charge is 2.46. The molecule has 2 bridgehead atoms. The van der Waals surface area contributed by atoms with Gasteiger partial charge in [-0.25, -0.2) is 0 Å². The molecule has 3 atom stereocenters. The lowest BCUT2D eigenvalue weighted by molar-refractivity contribution is -0.0363. The zero-order valence-electron chi connectivity index (χ0n) is 19.4. The second-order valence-electron chi connectivity index (χ2n) is 9.98. The number of Topliss-reactive ketones (excluding diaryl/α,β-unsaturated/α-hetero) is 1. The number of ketones is 1. The van der Waals surface area contributed by atoms with E-state index in [0.717, 1.165) is 74.4 Å². The Hall–Kier alpha value is -2.46. The number of fused-ring (bicyclic) bond motifs is 2. The van der Waals surface area contributed by atoms with Crippen molar-refractivity contribution < 1.29 is 14.6 Å². The molecule has 2 aromatic rings. The van der Waals surface area contributed by atoms with Crippen molar-refractivity contribution in [3.63, 3.8) is 0 Å². The van der Waals surface area contributed by atoms with E-state index in [1.807, 2.05) is 31.2 Å². The number of hydrogen-bond acceptors (Lipinski definition) is 5. The molecule has 6 nitrogen and oxygen atoms in total. The molecule has 0 aliphatic carbocycles. The summed E-state index contributed by atoms with van der Waals surface area (Å²) in [7, 11) is 0. The molecular formula is C27H33N3O3. The Morgan fingerprint density at radius 2 is 2.00 bits per heavy atom. The molecule has 3 fully saturated rings. The first kappa shape index (κ1) is 22.3. The van der Waals surface area contributed by atoms with Crippen LogP contribution in [0.2, 0.25) is 0 Å². The van der Waals surface area contributed by atoms with Crippen molar-refractivity contribution in [3.05, 3.63) is 52.8 Å². The number of rotatable bonds is 9. The third-order valence-electron chi connectivity index (χ3n) is 7.86. The molecule has 6 heteroatoms. The minimum Gasteiger partial charge on any atom is -0.391 e. The first-order valence-corrected chi connectivity index (χ1v) is 12.3. The predicted molar refractivity (Wildman–Crippen MR) is 126 cm³/mol. The summed E-state index contributed by atoms with van der Waals surface area (Å²) in [5, 5.41) is 19.4. The van der Waals surface area contributed by atoms with Crippen LogP contribution in [0.25, 0.3) is 5.69 Å². The fourth-order valence-electron chi connectivity index (χ4n) is 5.94. The van der Waals surface area contributed by atoms with Gasteiger partial charge in [0.05, 0.1) is 37.5 Å². The number of aliphatic hydroxyl groups excluding tert-OH is 1. The van der Waals surface area contributed by atoms with Crippen LogP contribution >= 0.6 is 0 Å². The van der Waals surface area contributed by atoms with Crippen molar-refractivity contribution >= 4 is 5.78 Å². The normalized spacial score (nSPS) is 24.7. The van der Waals surface area contributed by atoms with Crippen LogP contribution in [-0.2, 0) is 11.2 Å². The van der Waals surface area contributed by atoms with Gasteiger partial charge in [0.1, 0.15) is 0 Å². The molecule has 174 valence electrons. The lowest BCUT2D eigenvalue weighted by Crippen LogP contribution is -2.36. The fraction of sp³-hybridized carbons (Fsp3) is 0.556. The van der Waals surface area contributed by atoms with E-state index < -0.39 is 0 Å². The van der Waals surface area contributed by atoms with Gasteiger partial charge < -0.3 is 14.4 Å². The summed E-state index contributed by atoms with van der Waals surface area (Å²) in [6.45, 7) is 4.19. The fourth-order valence-corrected chi connectivity index (χ4v) is 5.94. The summed E-state index contributed by atoms with van der Waals surface area (Å²) in [4.78, 5) is 15.6. The van der Waals surface area contributed by atoms with E-state index in [1.54, 1.807) is 0 Å². The highest BCUT2D eigenvalue weighted by atomic mass is 16.5. The van der Waals surface area contributed by atoms with Crippen LogP contribution in [0.4, 0.5) is 0 Å². The quantitative estimate of drug-likeness (QED) is 0.467. The van der Waals surface area contributed by atoms with Crippen molar-refractivity contribution in [2.24, 2.45) is 5.92 Å². The van der Waals surface area contributed by atoms with Gasteiger partial charge in [0.15, 0.2) is 5.78 Å². The number of aryl methyl sites for hydroxylation is 1. The third kappa shape index (κ3) is 4.38. The molecule has 3 saturated heterocycles. The Kier molecular flexibility index (Phi) is 6.38. The maximum absolute atomic E-state index is 13.4. The average Bonchev–Trinajstić information content (AvgIpc) is 3.42. The second kappa shape index (κ2) is 9.42. The number of aliphatic hydroxyl groups is 1. The largest absolute Gasteiger partial charge is 0.391 e. The minimum atomic E-state index is -0.294. The third-order valence-corrected chi connectivity index (χ3v) is 7.86. The highest BCUT2D eigenvalue weighted by Crippen LogP contribution is 2.38. The summed E-state index contributed by atoms with van der Waals surface area (Å²) in [6.07, 6.45) is 6.91. The minimum absolute atomic E-state index is 0.134. The van der Waals surface area contributed by atoms with Gasteiger partial charge in [-0.3, -0.25) is 9.69 Å². The van der Waals surface area contributed by atoms with E-state index in [4.69, 9.17) is 10.00 Å². The van der Waals surface area contributed by atoms with Crippen LogP contribution in [0.3, 0.4) is 0 Å². The summed E-state index contributed by atoms with van der Waals surface area (Å²) >= 11 is 0. The molecule has 0 amide bonds. The van der Waals surface area contributed by atoms with Gasteiger partial charge in [0, 0.05) is 40.6 Å². The SMILES string of the molecule is Cc1c(C(=O)CN2[C@@H]3CC[C@H]2[C@@H](O)C3)cc(CCCCC2COC2)n1-c1ccc(C#N)cc1. The summed E-state index contributed by atoms with van der Waals surface area (Å²) in [5.41, 5.74) is 4.51. The van der Waals surface area contributed by atoms with Gasteiger partial charge >= 0.3 is 0 Å². The van der Waals surface area contributed by atoms with Gasteiger partial charge in [-0.15, -0.1) is 0 Å². The molecule has 33 heavy (non-hydrogen) atoms. The van der Waals surface area contributed by atoms with Crippen LogP contribution in [0, 0.1) is 24.2 Å². The number of nitriles is 1. The summed E-state index contributed by atoms with van der Waals surface area (Å²) < 4.78 is 7.48. The number of carbonyl (C=O) groups excluding carboxylic acids is 1. The maximum Gasteiger partial charge on any atom is 0.178 e. The van der Waals surface area contributed by atoms with Gasteiger partial charge in [-0.2, -0.15) is 5.26 Å². The van der Waals surface area contributed by atoms with Gasteiger partial charge in [0.25, 0.3) is 0 Å². The van der Waals surface area contributed by atoms with Crippen LogP contribution in [0.5, 0.6) is 0 Å². The molecule has 5 rings (SSSR count). The molecule has 1 aromatic heterocycles. The van der Waals surface area contributed by atoms with Crippen LogP contribution in [0.15, 0.2) is 30.3 Å². The van der Waals surface area contributed by atoms with E-state index in [9.17, 15) is 9.90 Å². The van der Waals surface area contributed by atoms with Crippen molar-refractivity contribution in [1.29, 1.82) is 5.26 Å². The Labute approximate surface area is 195 Å². The molecule has 0 spiro atoms. The standard InChI is InChI=1S/C27H33N3O3/c1-18-24(27(32)15-29-22-10-11-25(29)26(31)13-22)12-23(5-3-2-4-20-16-33-17-20)30(18)21-8-6-19(14-28)7-9-21/h6-9,12,20,22,25-26,31H,2-5,10-11,13,15-17H2,1H3/t22-,25+,26+/m1/s1. The number of hydrogen-bond donors (Lipinski definition) is 1. The lowest BCUT2D eigenvalue weighted by Gasteiger charge is -2.25. The van der Waals surface area contributed by atoms with E-state index in [2.05, 4.69) is 21.6 Å². The number of unbranched alkanes of at least 4 members (excludes halogenated alkanes) is 1. The molecule has 0 radical (unpaired) electrons. The first-order chi connectivity index (χ1) is 16.0. The molecule has 0 unspecified atom stereocenters. The summed E-state index contributed by atoms with van der Waals surface area (Å²) in [6, 6.07) is 12.3. The Balaban J connectivity index is 1.37. The van der Waals surface area contributed by atoms with Crippen LogP contribution in [-0.4, -0.2) is 58.3 Å². The molecule has 4 heterocycles. The van der Waals surface area contributed by atoms with Gasteiger partial charge in [-0.05, 0) is 75.8 Å². The first-order valence-electron chi connectivity index (χ1n) is 12.3. The summed E-state index contributed by atoms with van der Waals surface area (Å²) in [5.74, 6) is 0.846. The topological polar surface area (TPSA) is 78.5 Å². The molecule has 1 aromatic carbocycles. The predicted octanol–water partition coefficient (Wildman–Crippen LogP) is 3.80. The average molecular weight is 448 g/mol. The van der Waals surface area contributed by atoms with E-state index in [1.165, 1.54) is 6.42 Å². The van der Waals surface area contributed by atoms with E-state index >= 15 is 0 Å². The Morgan fingerprint density at radius 1 is 1.21 bits per heavy atom. The van der Waals surface area contributed by atoms with Crippen molar-refractivity contribution in [2.45, 2.75) is 70.1 Å². The monoisotopic (exact) mass is 447 g/mol. The van der Waals surface area contributed by atoms with Gasteiger partial charge in [-0.1, -0.05) is 6.42 Å². The molecule has 3 aliphatic heterocycles. The number of aromatic nitrogens is 1. The van der Waals surface area contributed by atoms with Crippen molar-refractivity contribution in [3.8, 4) is 11.8 Å². The van der Waals surface area contributed by atoms with E-state index in [0.29, 0.717) is 24.1 Å². The van der Waals surface area contributed by atoms with Crippen molar-refractivity contribution in [1.82, 2.24) is 9.47 Å². The highest BCUT2D eigenvalue weighted by molar-refractivity contribution is 5.99. The number of nitrogens with zero attached hydrogens (tertiary/aromatic N) is 3. The van der Waals surface area contributed by atoms with E-state index in [-0.39, 0.29) is 17.9 Å². The Morgan fingerprint density at radius 3 is 2.61 bits per heavy atom. The zero-order chi connectivity index (χ0) is 22.9. The Bertz CT molecular complexity index is 1050. The lowest BCUT2D eigenvalue weighted by atomic mass is 9.98.